The molecule has 0 aliphatic carbocycles. The SMILES string of the molecule is CCc1onc2c1N(CCN(CC)CC)C(=O)C=NC2c1c(F)cccc1F. The minimum Gasteiger partial charge on any atom is -0.359 e. The second kappa shape index (κ2) is 8.60. The van der Waals surface area contributed by atoms with Gasteiger partial charge < -0.3 is 14.3 Å². The van der Waals surface area contributed by atoms with E-state index in [2.05, 4.69) is 28.9 Å². The second-order valence-corrected chi connectivity index (χ2v) is 6.53. The lowest BCUT2D eigenvalue weighted by Crippen LogP contribution is -2.39. The molecular weight excluding hydrogens is 366 g/mol. The number of aryl methyl sites for hydroxylation is 1. The van der Waals surface area contributed by atoms with Crippen molar-refractivity contribution in [1.82, 2.24) is 10.1 Å². The second-order valence-electron chi connectivity index (χ2n) is 6.53. The van der Waals surface area contributed by atoms with Crippen LogP contribution in [0.25, 0.3) is 0 Å². The molecule has 6 nitrogen and oxygen atoms in total. The van der Waals surface area contributed by atoms with Crippen LogP contribution in [-0.2, 0) is 11.2 Å². The maximum atomic E-state index is 14.4. The Balaban J connectivity index is 2.07. The first-order valence-electron chi connectivity index (χ1n) is 9.51. The number of halogens is 2. The summed E-state index contributed by atoms with van der Waals surface area (Å²) in [6.45, 7) is 8.74. The summed E-state index contributed by atoms with van der Waals surface area (Å²) in [7, 11) is 0. The zero-order valence-corrected chi connectivity index (χ0v) is 16.3. The fourth-order valence-corrected chi connectivity index (χ4v) is 3.41. The van der Waals surface area contributed by atoms with Crippen molar-refractivity contribution in [3.63, 3.8) is 0 Å². The summed E-state index contributed by atoms with van der Waals surface area (Å²) in [4.78, 5) is 20.7. The van der Waals surface area contributed by atoms with E-state index < -0.39 is 17.7 Å². The molecule has 0 N–H and O–H groups in total. The van der Waals surface area contributed by atoms with Gasteiger partial charge in [-0.1, -0.05) is 32.0 Å². The van der Waals surface area contributed by atoms with Gasteiger partial charge >= 0.3 is 0 Å². The molecule has 1 aromatic heterocycles. The Morgan fingerprint density at radius 2 is 1.86 bits per heavy atom. The molecule has 3 rings (SSSR count). The smallest absolute Gasteiger partial charge is 0.269 e. The van der Waals surface area contributed by atoms with Crippen molar-refractivity contribution in [3.8, 4) is 0 Å². The fourth-order valence-electron chi connectivity index (χ4n) is 3.41. The van der Waals surface area contributed by atoms with E-state index in [4.69, 9.17) is 4.52 Å². The molecule has 2 aromatic rings. The third kappa shape index (κ3) is 3.69. The Labute approximate surface area is 162 Å². The summed E-state index contributed by atoms with van der Waals surface area (Å²) >= 11 is 0. The fraction of sp³-hybridized carbons (Fsp3) is 0.450. The number of likely N-dealkylation sites (N-methyl/N-ethyl adjacent to an activating group) is 1. The third-order valence-electron chi connectivity index (χ3n) is 5.02. The number of hydrogen-bond donors (Lipinski definition) is 0. The Hall–Kier alpha value is -2.61. The molecule has 1 aromatic carbocycles. The van der Waals surface area contributed by atoms with E-state index in [1.807, 2.05) is 6.92 Å². The van der Waals surface area contributed by atoms with E-state index in [9.17, 15) is 13.6 Å². The lowest BCUT2D eigenvalue weighted by Gasteiger charge is -2.25. The highest BCUT2D eigenvalue weighted by molar-refractivity contribution is 6.33. The van der Waals surface area contributed by atoms with Crippen LogP contribution in [0.4, 0.5) is 14.5 Å². The Morgan fingerprint density at radius 3 is 2.46 bits per heavy atom. The Bertz CT molecular complexity index is 857. The Kier molecular flexibility index (Phi) is 6.18. The average molecular weight is 390 g/mol. The van der Waals surface area contributed by atoms with Gasteiger partial charge in [-0.05, 0) is 25.2 Å². The quantitative estimate of drug-likeness (QED) is 0.727. The predicted octanol–water partition coefficient (Wildman–Crippen LogP) is 3.36. The van der Waals surface area contributed by atoms with Crippen molar-refractivity contribution < 1.29 is 18.1 Å². The summed E-state index contributed by atoms with van der Waals surface area (Å²) in [5.74, 6) is -1.34. The minimum atomic E-state index is -1.08. The number of carbonyl (C=O) groups excluding carboxylic acids is 1. The maximum absolute atomic E-state index is 14.4. The molecule has 0 spiro atoms. The number of nitrogens with zero attached hydrogens (tertiary/aromatic N) is 4. The normalized spacial score (nSPS) is 16.6. The minimum absolute atomic E-state index is 0.241. The lowest BCUT2D eigenvalue weighted by molar-refractivity contribution is -0.112. The summed E-state index contributed by atoms with van der Waals surface area (Å²) in [5, 5.41) is 4.05. The molecule has 8 heteroatoms. The van der Waals surface area contributed by atoms with Gasteiger partial charge in [-0.15, -0.1) is 0 Å². The highest BCUT2D eigenvalue weighted by atomic mass is 19.1. The van der Waals surface area contributed by atoms with Crippen molar-refractivity contribution in [3.05, 3.63) is 46.9 Å². The van der Waals surface area contributed by atoms with Gasteiger partial charge in [0.15, 0.2) is 5.76 Å². The van der Waals surface area contributed by atoms with Crippen molar-refractivity contribution in [1.29, 1.82) is 0 Å². The number of carbonyl (C=O) groups is 1. The highest BCUT2D eigenvalue weighted by Crippen LogP contribution is 2.39. The first-order valence-corrected chi connectivity index (χ1v) is 9.51. The van der Waals surface area contributed by atoms with Crippen LogP contribution in [-0.4, -0.2) is 48.4 Å². The van der Waals surface area contributed by atoms with E-state index in [1.54, 1.807) is 4.90 Å². The van der Waals surface area contributed by atoms with Gasteiger partial charge in [-0.25, -0.2) is 8.78 Å². The molecule has 28 heavy (non-hydrogen) atoms. The monoisotopic (exact) mass is 390 g/mol. The number of aliphatic imine (C=N–C) groups is 1. The predicted molar refractivity (Wildman–Crippen MR) is 103 cm³/mol. The van der Waals surface area contributed by atoms with E-state index >= 15 is 0 Å². The summed E-state index contributed by atoms with van der Waals surface area (Å²) in [5.41, 5.74) is 0.474. The molecule has 0 saturated heterocycles. The molecule has 2 heterocycles. The molecule has 0 radical (unpaired) electrons. The molecule has 1 aliphatic heterocycles. The topological polar surface area (TPSA) is 61.9 Å². The molecule has 150 valence electrons. The number of benzene rings is 1. The van der Waals surface area contributed by atoms with Crippen LogP contribution in [0.3, 0.4) is 0 Å². The maximum Gasteiger partial charge on any atom is 0.269 e. The number of anilines is 1. The number of amides is 1. The van der Waals surface area contributed by atoms with Crippen LogP contribution in [0.2, 0.25) is 0 Å². The summed E-state index contributed by atoms with van der Waals surface area (Å²) in [6, 6.07) is 2.54. The molecule has 1 amide bonds. The van der Waals surface area contributed by atoms with Crippen LogP contribution in [0, 0.1) is 11.6 Å². The van der Waals surface area contributed by atoms with E-state index in [1.165, 1.54) is 18.2 Å². The van der Waals surface area contributed by atoms with Crippen molar-refractivity contribution in [2.24, 2.45) is 4.99 Å². The number of fused-ring (bicyclic) bond motifs is 1. The van der Waals surface area contributed by atoms with Crippen molar-refractivity contribution in [2.45, 2.75) is 33.2 Å². The van der Waals surface area contributed by atoms with Crippen LogP contribution >= 0.6 is 0 Å². The van der Waals surface area contributed by atoms with Gasteiger partial charge in [0.05, 0.1) is 11.8 Å². The Morgan fingerprint density at radius 1 is 1.18 bits per heavy atom. The molecule has 0 bridgehead atoms. The number of aromatic nitrogens is 1. The molecule has 1 unspecified atom stereocenters. The third-order valence-corrected chi connectivity index (χ3v) is 5.02. The van der Waals surface area contributed by atoms with Gasteiger partial charge in [-0.3, -0.25) is 9.79 Å². The average Bonchev–Trinajstić information content (AvgIpc) is 3.05. The molecule has 0 fully saturated rings. The van der Waals surface area contributed by atoms with Crippen LogP contribution in [0.5, 0.6) is 0 Å². The molecule has 0 saturated carbocycles. The van der Waals surface area contributed by atoms with Crippen LogP contribution < -0.4 is 4.90 Å². The zero-order valence-electron chi connectivity index (χ0n) is 16.3. The first kappa shape index (κ1) is 20.1. The largest absolute Gasteiger partial charge is 0.359 e. The highest BCUT2D eigenvalue weighted by Gasteiger charge is 2.35. The standard InChI is InChI=1S/C20H24F2N4O2/c1-4-15-20-19(24-28-15)18(17-13(21)8-7-9-14(17)22)23-12-16(27)26(20)11-10-25(5-2)6-3/h7-9,12,18H,4-6,10-11H2,1-3H3. The number of rotatable bonds is 7. The molecule has 1 atom stereocenters. The molecule has 1 aliphatic rings. The van der Waals surface area contributed by atoms with Crippen LogP contribution in [0.1, 0.15) is 43.8 Å². The lowest BCUT2D eigenvalue weighted by atomic mass is 10.0. The van der Waals surface area contributed by atoms with Crippen LogP contribution in [0.15, 0.2) is 27.7 Å². The zero-order chi connectivity index (χ0) is 20.3. The number of hydrogen-bond acceptors (Lipinski definition) is 5. The van der Waals surface area contributed by atoms with Crippen molar-refractivity contribution >= 4 is 17.8 Å². The van der Waals surface area contributed by atoms with Gasteiger partial charge in [0.2, 0.25) is 0 Å². The van der Waals surface area contributed by atoms with E-state index in [0.29, 0.717) is 31.0 Å². The first-order chi connectivity index (χ1) is 13.5. The summed E-state index contributed by atoms with van der Waals surface area (Å²) < 4.78 is 34.2. The van der Waals surface area contributed by atoms with E-state index in [-0.39, 0.29) is 17.2 Å². The van der Waals surface area contributed by atoms with Gasteiger partial charge in [0, 0.05) is 19.5 Å². The van der Waals surface area contributed by atoms with Crippen molar-refractivity contribution in [2.75, 3.05) is 31.1 Å². The van der Waals surface area contributed by atoms with Gasteiger partial charge in [0.25, 0.3) is 5.91 Å². The van der Waals surface area contributed by atoms with Gasteiger partial charge in [0.1, 0.15) is 29.1 Å². The van der Waals surface area contributed by atoms with E-state index in [0.717, 1.165) is 19.3 Å². The molecular formula is C20H24F2N4O2. The summed E-state index contributed by atoms with van der Waals surface area (Å²) in [6.07, 6.45) is 1.61. The van der Waals surface area contributed by atoms with Gasteiger partial charge in [-0.2, -0.15) is 0 Å².